The number of primary amides is 1. The molecule has 0 saturated carbocycles. The molecule has 2 amide bonds. The molecule has 9 heteroatoms. The van der Waals surface area contributed by atoms with Crippen molar-refractivity contribution in [3.05, 3.63) is 40.3 Å². The van der Waals surface area contributed by atoms with Crippen molar-refractivity contribution in [1.29, 1.82) is 0 Å². The van der Waals surface area contributed by atoms with Gasteiger partial charge in [0.2, 0.25) is 5.60 Å². The summed E-state index contributed by atoms with van der Waals surface area (Å²) in [6, 6.07) is 3.25. The van der Waals surface area contributed by atoms with Gasteiger partial charge in [0.15, 0.2) is 11.5 Å². The minimum atomic E-state index is -1.68. The number of aliphatic hydroxyl groups is 1. The van der Waals surface area contributed by atoms with Crippen molar-refractivity contribution in [2.24, 2.45) is 5.73 Å². The number of nitrogens with two attached hydrogens (primary N) is 1. The zero-order valence-corrected chi connectivity index (χ0v) is 14.9. The van der Waals surface area contributed by atoms with Crippen molar-refractivity contribution in [2.45, 2.75) is 18.9 Å². The van der Waals surface area contributed by atoms with E-state index in [-0.39, 0.29) is 17.1 Å². The topological polar surface area (TPSA) is 114 Å². The van der Waals surface area contributed by atoms with Gasteiger partial charge in [-0.25, -0.2) is 9.67 Å². The van der Waals surface area contributed by atoms with Crippen LogP contribution in [0.15, 0.2) is 18.3 Å². The first-order chi connectivity index (χ1) is 12.2. The van der Waals surface area contributed by atoms with Crippen molar-refractivity contribution in [2.75, 3.05) is 13.6 Å². The summed E-state index contributed by atoms with van der Waals surface area (Å²) in [5.74, 6) is 4.66. The van der Waals surface area contributed by atoms with E-state index in [2.05, 4.69) is 21.9 Å². The smallest absolute Gasteiger partial charge is 0.270 e. The lowest BCUT2D eigenvalue weighted by molar-refractivity contribution is -0.137. The molecule has 0 bridgehead atoms. The fourth-order valence-electron chi connectivity index (χ4n) is 2.62. The molecule has 26 heavy (non-hydrogen) atoms. The zero-order valence-electron chi connectivity index (χ0n) is 14.2. The van der Waals surface area contributed by atoms with Crippen LogP contribution in [0.5, 0.6) is 0 Å². The third-order valence-corrected chi connectivity index (χ3v) is 4.61. The first-order valence-electron chi connectivity index (χ1n) is 7.75. The predicted molar refractivity (Wildman–Crippen MR) is 93.7 cm³/mol. The molecule has 2 aromatic rings. The van der Waals surface area contributed by atoms with Crippen molar-refractivity contribution < 1.29 is 14.7 Å². The number of carbonyl (C=O) groups is 2. The number of aromatic nitrogens is 3. The van der Waals surface area contributed by atoms with E-state index in [4.69, 9.17) is 17.3 Å². The molecule has 1 fully saturated rings. The lowest BCUT2D eigenvalue weighted by atomic mass is 10.0. The van der Waals surface area contributed by atoms with E-state index in [0.717, 1.165) is 0 Å². The molecule has 134 valence electrons. The fourth-order valence-corrected chi connectivity index (χ4v) is 2.83. The van der Waals surface area contributed by atoms with Crippen LogP contribution >= 0.6 is 11.6 Å². The summed E-state index contributed by atoms with van der Waals surface area (Å²) >= 11 is 6.08. The molecule has 3 rings (SSSR count). The standard InChI is InChI=1S/C17H16ClN5O3/c1-10-13(18)14(15(19)24)21-23(10)12-9-11(4-7-20-12)3-5-17(26)6-8-22(2)16(17)25/h4,7,9,26H,6,8H2,1-2H3,(H2,19,24)/t17-/m0/s1. The molecule has 0 spiro atoms. The predicted octanol–water partition coefficient (Wildman–Crippen LogP) is 0.273. The largest absolute Gasteiger partial charge is 0.369 e. The number of hydrogen-bond donors (Lipinski definition) is 2. The maximum Gasteiger partial charge on any atom is 0.270 e. The van der Waals surface area contributed by atoms with Gasteiger partial charge in [-0.1, -0.05) is 23.4 Å². The van der Waals surface area contributed by atoms with E-state index in [1.165, 1.54) is 15.8 Å². The minimum Gasteiger partial charge on any atom is -0.369 e. The molecule has 1 atom stereocenters. The Labute approximate surface area is 154 Å². The summed E-state index contributed by atoms with van der Waals surface area (Å²) < 4.78 is 1.39. The number of amides is 2. The van der Waals surface area contributed by atoms with Crippen LogP contribution in [0.1, 0.15) is 28.2 Å². The normalized spacial score (nSPS) is 19.4. The summed E-state index contributed by atoms with van der Waals surface area (Å²) in [5, 5.41) is 14.6. The van der Waals surface area contributed by atoms with Crippen molar-refractivity contribution in [1.82, 2.24) is 19.7 Å². The zero-order chi connectivity index (χ0) is 19.1. The molecule has 2 aromatic heterocycles. The van der Waals surface area contributed by atoms with Crippen LogP contribution in [0, 0.1) is 18.8 Å². The highest BCUT2D eigenvalue weighted by Crippen LogP contribution is 2.23. The lowest BCUT2D eigenvalue weighted by Crippen LogP contribution is -2.37. The molecule has 0 unspecified atom stereocenters. The molecular weight excluding hydrogens is 358 g/mol. The minimum absolute atomic E-state index is 0.0450. The number of hydrogen-bond acceptors (Lipinski definition) is 5. The van der Waals surface area contributed by atoms with Gasteiger partial charge in [-0.05, 0) is 19.1 Å². The fraction of sp³-hybridized carbons (Fsp3) is 0.294. The summed E-state index contributed by atoms with van der Waals surface area (Å²) in [5.41, 5.74) is 4.56. The highest BCUT2D eigenvalue weighted by molar-refractivity contribution is 6.34. The number of rotatable bonds is 2. The molecule has 1 aliphatic heterocycles. The van der Waals surface area contributed by atoms with Gasteiger partial charge in [0.05, 0.1) is 10.7 Å². The van der Waals surface area contributed by atoms with Gasteiger partial charge in [0.1, 0.15) is 0 Å². The molecule has 8 nitrogen and oxygen atoms in total. The number of likely N-dealkylation sites (tertiary alicyclic amines) is 1. The number of nitrogens with zero attached hydrogens (tertiary/aromatic N) is 4. The highest BCUT2D eigenvalue weighted by atomic mass is 35.5. The van der Waals surface area contributed by atoms with Gasteiger partial charge in [0, 0.05) is 31.8 Å². The van der Waals surface area contributed by atoms with Crippen LogP contribution in [-0.2, 0) is 4.79 Å². The molecule has 1 aliphatic rings. The first-order valence-corrected chi connectivity index (χ1v) is 8.13. The number of carbonyl (C=O) groups excluding carboxylic acids is 2. The Morgan fingerprint density at radius 3 is 2.81 bits per heavy atom. The van der Waals surface area contributed by atoms with Gasteiger partial charge in [-0.3, -0.25) is 9.59 Å². The molecule has 0 aliphatic carbocycles. The molecule has 3 heterocycles. The van der Waals surface area contributed by atoms with Crippen molar-refractivity contribution >= 4 is 23.4 Å². The van der Waals surface area contributed by atoms with Crippen LogP contribution in [0.3, 0.4) is 0 Å². The van der Waals surface area contributed by atoms with Gasteiger partial charge in [-0.2, -0.15) is 5.10 Å². The third kappa shape index (κ3) is 3.03. The summed E-state index contributed by atoms with van der Waals surface area (Å²) in [7, 11) is 1.62. The average molecular weight is 374 g/mol. The van der Waals surface area contributed by atoms with Crippen LogP contribution < -0.4 is 5.73 Å². The van der Waals surface area contributed by atoms with E-state index < -0.39 is 17.4 Å². The molecular formula is C17H16ClN5O3. The van der Waals surface area contributed by atoms with Crippen LogP contribution in [0.2, 0.25) is 5.02 Å². The summed E-state index contributed by atoms with van der Waals surface area (Å²) in [6.07, 6.45) is 1.76. The second kappa shape index (κ2) is 6.44. The Bertz CT molecular complexity index is 975. The highest BCUT2D eigenvalue weighted by Gasteiger charge is 2.42. The number of likely N-dealkylation sites (N-methyl/N-ethyl adjacent to an activating group) is 1. The maximum atomic E-state index is 12.0. The average Bonchev–Trinajstić information content (AvgIpc) is 3.06. The Morgan fingerprint density at radius 2 is 2.23 bits per heavy atom. The van der Waals surface area contributed by atoms with Crippen molar-refractivity contribution in [3.8, 4) is 17.7 Å². The number of halogens is 1. The Morgan fingerprint density at radius 1 is 1.50 bits per heavy atom. The summed E-state index contributed by atoms with van der Waals surface area (Å²) in [6.45, 7) is 2.13. The van der Waals surface area contributed by atoms with E-state index in [0.29, 0.717) is 23.6 Å². The SMILES string of the molecule is Cc1c(Cl)c(C(N)=O)nn1-c1cc(C#C[C@]2(O)CCN(C)C2=O)ccn1. The Kier molecular flexibility index (Phi) is 4.44. The lowest BCUT2D eigenvalue weighted by Gasteiger charge is -2.13. The second-order valence-electron chi connectivity index (χ2n) is 6.01. The van der Waals surface area contributed by atoms with Crippen LogP contribution in [-0.4, -0.2) is 55.8 Å². The van der Waals surface area contributed by atoms with Gasteiger partial charge >= 0.3 is 0 Å². The maximum absolute atomic E-state index is 12.0. The van der Waals surface area contributed by atoms with Crippen molar-refractivity contribution in [3.63, 3.8) is 0 Å². The van der Waals surface area contributed by atoms with E-state index >= 15 is 0 Å². The van der Waals surface area contributed by atoms with E-state index in [1.807, 2.05) is 0 Å². The van der Waals surface area contributed by atoms with Gasteiger partial charge < -0.3 is 15.7 Å². The molecule has 3 N–H and O–H groups in total. The first kappa shape index (κ1) is 17.9. The third-order valence-electron chi connectivity index (χ3n) is 4.16. The van der Waals surface area contributed by atoms with Gasteiger partial charge in [-0.15, -0.1) is 0 Å². The van der Waals surface area contributed by atoms with E-state index in [1.54, 1.807) is 26.1 Å². The number of pyridine rings is 1. The van der Waals surface area contributed by atoms with Gasteiger partial charge in [0.25, 0.3) is 11.8 Å². The quantitative estimate of drug-likeness (QED) is 0.733. The molecule has 0 radical (unpaired) electrons. The summed E-state index contributed by atoms with van der Waals surface area (Å²) in [4.78, 5) is 29.0. The second-order valence-corrected chi connectivity index (χ2v) is 6.39. The Balaban J connectivity index is 1.96. The van der Waals surface area contributed by atoms with Crippen LogP contribution in [0.4, 0.5) is 0 Å². The Hall–Kier alpha value is -2.89. The monoisotopic (exact) mass is 373 g/mol. The van der Waals surface area contributed by atoms with E-state index in [9.17, 15) is 14.7 Å². The molecule has 1 saturated heterocycles. The molecule has 0 aromatic carbocycles. The van der Waals surface area contributed by atoms with Crippen LogP contribution in [0.25, 0.3) is 5.82 Å².